The van der Waals surface area contributed by atoms with Crippen molar-refractivity contribution < 1.29 is 18.0 Å². The minimum atomic E-state index is -2.53. The quantitative estimate of drug-likeness (QED) is 0.531. The molecule has 1 aromatic carbocycles. The number of nitrogens with one attached hydrogen (secondary N) is 3. The average molecular weight is 435 g/mol. The zero-order valence-electron chi connectivity index (χ0n) is 17.5. The van der Waals surface area contributed by atoms with Crippen LogP contribution in [-0.2, 0) is 0 Å². The summed E-state index contributed by atoms with van der Waals surface area (Å²) in [6, 6.07) is 2.57. The standard InChI is InChI=1S/C22H28F3N5O/c1-21(6-8-30(9-7-21)14-2-4-22(24,25)5-3-14)16(12-26)20-28-17-11-13(23)10-15(19(27)31)18(17)29-20/h10-12,14,26,28-29H,2-9H2,1H3,(H2,27,31)/b20-16+,26-12?. The molecule has 1 saturated carbocycles. The van der Waals surface area contributed by atoms with Gasteiger partial charge in [0.05, 0.1) is 16.9 Å². The van der Waals surface area contributed by atoms with Gasteiger partial charge in [0.1, 0.15) is 11.6 Å². The number of alkyl halides is 2. The Kier molecular flexibility index (Phi) is 5.49. The highest BCUT2D eigenvalue weighted by atomic mass is 19.3. The summed E-state index contributed by atoms with van der Waals surface area (Å²) < 4.78 is 40.9. The van der Waals surface area contributed by atoms with E-state index in [0.29, 0.717) is 30.0 Å². The maximum atomic E-state index is 13.9. The third-order valence-electron chi connectivity index (χ3n) is 7.05. The van der Waals surface area contributed by atoms with Gasteiger partial charge in [-0.3, -0.25) is 4.79 Å². The third kappa shape index (κ3) is 4.15. The van der Waals surface area contributed by atoms with E-state index in [2.05, 4.69) is 22.5 Å². The fraction of sp³-hybridized carbons (Fsp3) is 0.545. The van der Waals surface area contributed by atoms with Crippen molar-refractivity contribution in [2.75, 3.05) is 23.7 Å². The topological polar surface area (TPSA) is 94.2 Å². The van der Waals surface area contributed by atoms with Crippen molar-refractivity contribution >= 4 is 23.5 Å². The first kappa shape index (κ1) is 21.7. The molecule has 2 fully saturated rings. The number of carbonyl (C=O) groups is 1. The highest BCUT2D eigenvalue weighted by Crippen LogP contribution is 2.44. The number of rotatable bonds is 4. The molecule has 1 aromatic rings. The lowest BCUT2D eigenvalue weighted by atomic mass is 9.73. The van der Waals surface area contributed by atoms with Gasteiger partial charge in [-0.25, -0.2) is 13.2 Å². The third-order valence-corrected chi connectivity index (χ3v) is 7.05. The Morgan fingerprint density at radius 3 is 2.42 bits per heavy atom. The zero-order chi connectivity index (χ0) is 22.4. The van der Waals surface area contributed by atoms with Crippen LogP contribution in [0.4, 0.5) is 24.5 Å². The van der Waals surface area contributed by atoms with Crippen LogP contribution in [0.1, 0.15) is 55.8 Å². The lowest BCUT2D eigenvalue weighted by Gasteiger charge is -2.45. The molecule has 6 nitrogen and oxygen atoms in total. The molecule has 1 amide bonds. The number of allylic oxidation sites excluding steroid dienone is 1. The molecule has 1 saturated heterocycles. The molecule has 0 unspecified atom stereocenters. The highest BCUT2D eigenvalue weighted by Gasteiger charge is 2.41. The number of primary amides is 1. The second-order valence-electron chi connectivity index (χ2n) is 9.11. The number of benzene rings is 1. The lowest BCUT2D eigenvalue weighted by Crippen LogP contribution is -2.47. The molecule has 0 bridgehead atoms. The minimum absolute atomic E-state index is 0.0495. The van der Waals surface area contributed by atoms with E-state index in [1.807, 2.05) is 0 Å². The molecule has 0 radical (unpaired) electrons. The number of nitrogens with two attached hydrogens (primary N) is 1. The van der Waals surface area contributed by atoms with E-state index < -0.39 is 17.6 Å². The molecule has 31 heavy (non-hydrogen) atoms. The van der Waals surface area contributed by atoms with Crippen LogP contribution in [0.2, 0.25) is 0 Å². The Bertz CT molecular complexity index is 927. The Hall–Kier alpha value is -2.55. The number of amides is 1. The number of likely N-dealkylation sites (tertiary alicyclic amines) is 1. The first-order chi connectivity index (χ1) is 14.6. The normalized spacial score (nSPS) is 24.6. The van der Waals surface area contributed by atoms with Crippen LogP contribution in [0.3, 0.4) is 0 Å². The predicted molar refractivity (Wildman–Crippen MR) is 114 cm³/mol. The summed E-state index contributed by atoms with van der Waals surface area (Å²) in [7, 11) is 0. The number of hydrogen-bond acceptors (Lipinski definition) is 5. The van der Waals surface area contributed by atoms with E-state index in [9.17, 15) is 18.0 Å². The Labute approximate surface area is 179 Å². The van der Waals surface area contributed by atoms with Gasteiger partial charge in [-0.2, -0.15) is 0 Å². The van der Waals surface area contributed by atoms with Gasteiger partial charge in [-0.15, -0.1) is 0 Å². The molecule has 4 rings (SSSR count). The van der Waals surface area contributed by atoms with E-state index in [4.69, 9.17) is 11.1 Å². The molecule has 5 N–H and O–H groups in total. The van der Waals surface area contributed by atoms with Crippen LogP contribution in [0, 0.1) is 16.6 Å². The number of hydrogen-bond donors (Lipinski definition) is 4. The molecule has 9 heteroatoms. The van der Waals surface area contributed by atoms with Crippen molar-refractivity contribution in [2.45, 2.75) is 57.4 Å². The summed E-state index contributed by atoms with van der Waals surface area (Å²) in [4.78, 5) is 14.0. The number of fused-ring (bicyclic) bond motifs is 1. The van der Waals surface area contributed by atoms with E-state index in [-0.39, 0.29) is 29.9 Å². The van der Waals surface area contributed by atoms with Crippen LogP contribution < -0.4 is 16.4 Å². The number of piperidine rings is 1. The van der Waals surface area contributed by atoms with E-state index in [0.717, 1.165) is 37.6 Å². The molecule has 1 aliphatic carbocycles. The van der Waals surface area contributed by atoms with Crippen LogP contribution in [0.5, 0.6) is 0 Å². The minimum Gasteiger partial charge on any atom is -0.366 e. The van der Waals surface area contributed by atoms with E-state index in [1.165, 1.54) is 12.3 Å². The van der Waals surface area contributed by atoms with Gasteiger partial charge in [-0.1, -0.05) is 6.92 Å². The van der Waals surface area contributed by atoms with Gasteiger partial charge in [-0.05, 0) is 56.3 Å². The summed E-state index contributed by atoms with van der Waals surface area (Å²) in [6.45, 7) is 3.62. The Balaban J connectivity index is 1.51. The second-order valence-corrected chi connectivity index (χ2v) is 9.11. The molecule has 168 valence electrons. The molecule has 2 heterocycles. The first-order valence-corrected chi connectivity index (χ1v) is 10.7. The summed E-state index contributed by atoms with van der Waals surface area (Å²) in [6.07, 6.45) is 3.76. The average Bonchev–Trinajstić information content (AvgIpc) is 3.11. The zero-order valence-corrected chi connectivity index (χ0v) is 17.5. The lowest BCUT2D eigenvalue weighted by molar-refractivity contribution is -0.0581. The number of anilines is 2. The van der Waals surface area contributed by atoms with E-state index >= 15 is 0 Å². The van der Waals surface area contributed by atoms with Crippen molar-refractivity contribution in [2.24, 2.45) is 11.1 Å². The Morgan fingerprint density at radius 1 is 1.19 bits per heavy atom. The van der Waals surface area contributed by atoms with Gasteiger partial charge < -0.3 is 26.7 Å². The van der Waals surface area contributed by atoms with Gasteiger partial charge in [0.2, 0.25) is 5.92 Å². The van der Waals surface area contributed by atoms with Crippen LogP contribution in [0.15, 0.2) is 23.5 Å². The monoisotopic (exact) mass is 435 g/mol. The Morgan fingerprint density at radius 2 is 1.84 bits per heavy atom. The summed E-state index contributed by atoms with van der Waals surface area (Å²) in [5.41, 5.74) is 6.68. The summed E-state index contributed by atoms with van der Waals surface area (Å²) >= 11 is 0. The van der Waals surface area contributed by atoms with E-state index in [1.54, 1.807) is 0 Å². The van der Waals surface area contributed by atoms with Crippen LogP contribution >= 0.6 is 0 Å². The van der Waals surface area contributed by atoms with Crippen LogP contribution in [0.25, 0.3) is 0 Å². The maximum absolute atomic E-state index is 13.9. The molecular weight excluding hydrogens is 407 g/mol. The van der Waals surface area contributed by atoms with Crippen molar-refractivity contribution in [3.8, 4) is 0 Å². The largest absolute Gasteiger partial charge is 0.366 e. The molecule has 0 spiro atoms. The van der Waals surface area contributed by atoms with Crippen LogP contribution in [-0.4, -0.2) is 42.1 Å². The van der Waals surface area contributed by atoms with Gasteiger partial charge in [0.25, 0.3) is 5.91 Å². The number of nitrogens with zero attached hydrogens (tertiary/aromatic N) is 1. The first-order valence-electron chi connectivity index (χ1n) is 10.7. The number of carbonyl (C=O) groups excluding carboxylic acids is 1. The maximum Gasteiger partial charge on any atom is 0.250 e. The fourth-order valence-electron chi connectivity index (χ4n) is 5.05. The molecule has 0 atom stereocenters. The SMILES string of the molecule is CC1(/C(C=N)=C2\Nc3cc(F)cc(C(N)=O)c3N2)CCN(C2CCC(F)(F)CC2)CC1. The smallest absolute Gasteiger partial charge is 0.250 e. The second kappa shape index (κ2) is 7.85. The fourth-order valence-corrected chi connectivity index (χ4v) is 5.05. The summed E-state index contributed by atoms with van der Waals surface area (Å²) in [5.74, 6) is -3.29. The van der Waals surface area contributed by atoms with Crippen molar-refractivity contribution in [3.63, 3.8) is 0 Å². The number of halogens is 3. The molecule has 0 aromatic heterocycles. The van der Waals surface area contributed by atoms with Gasteiger partial charge in [0.15, 0.2) is 0 Å². The van der Waals surface area contributed by atoms with Gasteiger partial charge >= 0.3 is 0 Å². The molecular formula is C22H28F3N5O. The van der Waals surface area contributed by atoms with Crippen molar-refractivity contribution in [3.05, 3.63) is 34.9 Å². The summed E-state index contributed by atoms with van der Waals surface area (Å²) in [5, 5.41) is 14.3. The van der Waals surface area contributed by atoms with Crippen molar-refractivity contribution in [1.82, 2.24) is 4.90 Å². The molecule has 2 aliphatic heterocycles. The highest BCUT2D eigenvalue weighted by molar-refractivity contribution is 6.04. The van der Waals surface area contributed by atoms with Gasteiger partial charge in [0, 0.05) is 30.7 Å². The molecule has 3 aliphatic rings. The van der Waals surface area contributed by atoms with Crippen molar-refractivity contribution in [1.29, 1.82) is 5.41 Å². The predicted octanol–water partition coefficient (Wildman–Crippen LogP) is 4.30.